The molecular weight excluding hydrogens is 266 g/mol. The van der Waals surface area contributed by atoms with E-state index in [0.29, 0.717) is 6.42 Å². The Morgan fingerprint density at radius 1 is 1.19 bits per heavy atom. The normalized spacial score (nSPS) is 12.3. The zero-order chi connectivity index (χ0) is 16.2. The van der Waals surface area contributed by atoms with Crippen molar-refractivity contribution >= 4 is 17.6 Å². The smallest absolute Gasteiger partial charge is 0.308 e. The van der Waals surface area contributed by atoms with Gasteiger partial charge in [-0.1, -0.05) is 32.9 Å². The first kappa shape index (κ1) is 17.2. The average molecular weight is 291 g/mol. The highest BCUT2D eigenvalue weighted by Crippen LogP contribution is 2.25. The van der Waals surface area contributed by atoms with Crippen LogP contribution in [0.25, 0.3) is 0 Å². The summed E-state index contributed by atoms with van der Waals surface area (Å²) in [6.45, 7) is 9.75. The van der Waals surface area contributed by atoms with Crippen molar-refractivity contribution in [3.63, 3.8) is 0 Å². The summed E-state index contributed by atoms with van der Waals surface area (Å²) in [6.07, 6.45) is 0.416. The number of carboxylic acid groups (broad SMARTS) is 1. The molecule has 4 heteroatoms. The highest BCUT2D eigenvalue weighted by molar-refractivity contribution is 5.95. The van der Waals surface area contributed by atoms with Crippen LogP contribution in [0.4, 0.5) is 5.69 Å². The van der Waals surface area contributed by atoms with Crippen LogP contribution in [0, 0.1) is 25.7 Å². The molecule has 21 heavy (non-hydrogen) atoms. The highest BCUT2D eigenvalue weighted by Gasteiger charge is 2.23. The van der Waals surface area contributed by atoms with Gasteiger partial charge in [-0.15, -0.1) is 0 Å². The lowest BCUT2D eigenvalue weighted by atomic mass is 10.0. The maximum atomic E-state index is 12.5. The van der Waals surface area contributed by atoms with Gasteiger partial charge in [-0.25, -0.2) is 0 Å². The van der Waals surface area contributed by atoms with Gasteiger partial charge in [0, 0.05) is 18.7 Å². The van der Waals surface area contributed by atoms with Crippen molar-refractivity contribution in [2.75, 3.05) is 11.4 Å². The molecule has 0 saturated carbocycles. The Morgan fingerprint density at radius 2 is 1.81 bits per heavy atom. The SMILES string of the molecule is Cc1cccc(N(CC(C)C(=O)O)C(=O)CC(C)C)c1C. The molecule has 0 aromatic heterocycles. The van der Waals surface area contributed by atoms with E-state index in [-0.39, 0.29) is 18.4 Å². The number of aryl methyl sites for hydroxylation is 1. The van der Waals surface area contributed by atoms with Crippen LogP contribution >= 0.6 is 0 Å². The fourth-order valence-corrected chi connectivity index (χ4v) is 2.17. The Labute approximate surface area is 126 Å². The summed E-state index contributed by atoms with van der Waals surface area (Å²) in [5.41, 5.74) is 2.93. The van der Waals surface area contributed by atoms with Gasteiger partial charge in [0.2, 0.25) is 5.91 Å². The zero-order valence-electron chi connectivity index (χ0n) is 13.5. The molecule has 0 aliphatic carbocycles. The number of carboxylic acids is 1. The van der Waals surface area contributed by atoms with Crippen LogP contribution < -0.4 is 4.90 Å². The summed E-state index contributed by atoms with van der Waals surface area (Å²) in [5.74, 6) is -1.26. The summed E-state index contributed by atoms with van der Waals surface area (Å²) in [6, 6.07) is 5.78. The van der Waals surface area contributed by atoms with Crippen molar-refractivity contribution in [1.82, 2.24) is 0 Å². The molecule has 1 rings (SSSR count). The van der Waals surface area contributed by atoms with Crippen LogP contribution in [-0.2, 0) is 9.59 Å². The number of anilines is 1. The van der Waals surface area contributed by atoms with Crippen molar-refractivity contribution in [2.45, 2.75) is 41.0 Å². The van der Waals surface area contributed by atoms with E-state index in [0.717, 1.165) is 16.8 Å². The maximum Gasteiger partial charge on any atom is 0.308 e. The minimum absolute atomic E-state index is 0.0215. The van der Waals surface area contributed by atoms with Crippen LogP contribution in [-0.4, -0.2) is 23.5 Å². The monoisotopic (exact) mass is 291 g/mol. The molecule has 0 saturated heterocycles. The minimum atomic E-state index is -0.886. The van der Waals surface area contributed by atoms with Crippen LogP contribution in [0.1, 0.15) is 38.3 Å². The van der Waals surface area contributed by atoms with Gasteiger partial charge in [0.1, 0.15) is 0 Å². The fraction of sp³-hybridized carbons (Fsp3) is 0.529. The van der Waals surface area contributed by atoms with E-state index in [9.17, 15) is 9.59 Å². The molecule has 1 atom stereocenters. The van der Waals surface area contributed by atoms with Crippen molar-refractivity contribution in [3.05, 3.63) is 29.3 Å². The van der Waals surface area contributed by atoms with Crippen molar-refractivity contribution < 1.29 is 14.7 Å². The number of aliphatic carboxylic acids is 1. The van der Waals surface area contributed by atoms with Crippen LogP contribution in [0.5, 0.6) is 0 Å². The van der Waals surface area contributed by atoms with E-state index < -0.39 is 11.9 Å². The highest BCUT2D eigenvalue weighted by atomic mass is 16.4. The lowest BCUT2D eigenvalue weighted by molar-refractivity contribution is -0.140. The second-order valence-corrected chi connectivity index (χ2v) is 6.06. The largest absolute Gasteiger partial charge is 0.481 e. The van der Waals surface area contributed by atoms with Crippen LogP contribution in [0.3, 0.4) is 0 Å². The van der Waals surface area contributed by atoms with Crippen molar-refractivity contribution in [3.8, 4) is 0 Å². The van der Waals surface area contributed by atoms with Crippen LogP contribution in [0.2, 0.25) is 0 Å². The minimum Gasteiger partial charge on any atom is -0.481 e. The molecule has 0 fully saturated rings. The van der Waals surface area contributed by atoms with E-state index in [1.54, 1.807) is 11.8 Å². The Kier molecular flexibility index (Phi) is 5.94. The summed E-state index contributed by atoms with van der Waals surface area (Å²) in [4.78, 5) is 25.3. The molecule has 116 valence electrons. The first-order chi connectivity index (χ1) is 9.73. The molecule has 0 aliphatic heterocycles. The first-order valence-corrected chi connectivity index (χ1v) is 7.33. The number of hydrogen-bond donors (Lipinski definition) is 1. The second-order valence-electron chi connectivity index (χ2n) is 6.06. The number of benzene rings is 1. The molecule has 0 spiro atoms. The number of carbonyl (C=O) groups excluding carboxylic acids is 1. The number of amides is 1. The predicted octanol–water partition coefficient (Wildman–Crippen LogP) is 3.40. The molecule has 0 aliphatic rings. The third-order valence-electron chi connectivity index (χ3n) is 3.63. The Balaban J connectivity index is 3.14. The summed E-state index contributed by atoms with van der Waals surface area (Å²) >= 11 is 0. The fourth-order valence-electron chi connectivity index (χ4n) is 2.17. The number of rotatable bonds is 6. The van der Waals surface area contributed by atoms with Gasteiger partial charge in [-0.3, -0.25) is 9.59 Å². The quantitative estimate of drug-likeness (QED) is 0.874. The van der Waals surface area contributed by atoms with Gasteiger partial charge in [0.25, 0.3) is 0 Å². The third-order valence-corrected chi connectivity index (χ3v) is 3.63. The molecule has 1 aromatic carbocycles. The van der Waals surface area contributed by atoms with E-state index in [1.165, 1.54) is 0 Å². The zero-order valence-corrected chi connectivity index (χ0v) is 13.5. The third kappa shape index (κ3) is 4.59. The lowest BCUT2D eigenvalue weighted by Crippen LogP contribution is -2.38. The molecular formula is C17H25NO3. The van der Waals surface area contributed by atoms with E-state index in [1.807, 2.05) is 45.9 Å². The summed E-state index contributed by atoms with van der Waals surface area (Å²) < 4.78 is 0. The molecule has 0 radical (unpaired) electrons. The van der Waals surface area contributed by atoms with Gasteiger partial charge >= 0.3 is 5.97 Å². The van der Waals surface area contributed by atoms with Crippen molar-refractivity contribution in [1.29, 1.82) is 0 Å². The number of carbonyl (C=O) groups is 2. The van der Waals surface area contributed by atoms with Crippen molar-refractivity contribution in [2.24, 2.45) is 11.8 Å². The Morgan fingerprint density at radius 3 is 2.33 bits per heavy atom. The van der Waals surface area contributed by atoms with Gasteiger partial charge < -0.3 is 10.0 Å². The maximum absolute atomic E-state index is 12.5. The molecule has 1 N–H and O–H groups in total. The second kappa shape index (κ2) is 7.25. The first-order valence-electron chi connectivity index (χ1n) is 7.33. The summed E-state index contributed by atoms with van der Waals surface area (Å²) in [5, 5.41) is 9.13. The molecule has 1 aromatic rings. The Bertz CT molecular complexity index is 523. The van der Waals surface area contributed by atoms with E-state index in [2.05, 4.69) is 0 Å². The van der Waals surface area contributed by atoms with Crippen LogP contribution in [0.15, 0.2) is 18.2 Å². The van der Waals surface area contributed by atoms with Gasteiger partial charge in [-0.05, 0) is 37.0 Å². The van der Waals surface area contributed by atoms with Gasteiger partial charge in [-0.2, -0.15) is 0 Å². The summed E-state index contributed by atoms with van der Waals surface area (Å²) in [7, 11) is 0. The van der Waals surface area contributed by atoms with E-state index >= 15 is 0 Å². The lowest BCUT2D eigenvalue weighted by Gasteiger charge is -2.27. The number of hydrogen-bond acceptors (Lipinski definition) is 2. The molecule has 0 bridgehead atoms. The standard InChI is InChI=1S/C17H25NO3/c1-11(2)9-16(19)18(10-13(4)17(20)21)15-8-6-7-12(3)14(15)5/h6-8,11,13H,9-10H2,1-5H3,(H,20,21). The Hall–Kier alpha value is -1.84. The molecule has 1 amide bonds. The molecule has 4 nitrogen and oxygen atoms in total. The van der Waals surface area contributed by atoms with Gasteiger partial charge in [0.05, 0.1) is 5.92 Å². The van der Waals surface area contributed by atoms with E-state index in [4.69, 9.17) is 5.11 Å². The molecule has 1 unspecified atom stereocenters. The topological polar surface area (TPSA) is 57.6 Å². The van der Waals surface area contributed by atoms with Gasteiger partial charge in [0.15, 0.2) is 0 Å². The predicted molar refractivity (Wildman–Crippen MR) is 84.5 cm³/mol. The average Bonchev–Trinajstić information content (AvgIpc) is 2.38. The molecule has 0 heterocycles. The number of nitrogens with zero attached hydrogens (tertiary/aromatic N) is 1.